The number of hydrogen-bond acceptors (Lipinski definition) is 3. The lowest BCUT2D eigenvalue weighted by Gasteiger charge is -2.39. The van der Waals surface area contributed by atoms with E-state index in [1.54, 1.807) is 11.9 Å². The highest BCUT2D eigenvalue weighted by Gasteiger charge is 2.38. The van der Waals surface area contributed by atoms with E-state index in [1.807, 2.05) is 7.05 Å². The Morgan fingerprint density at radius 2 is 1.89 bits per heavy atom. The summed E-state index contributed by atoms with van der Waals surface area (Å²) in [5, 5.41) is 9.48. The standard InChI is InChI=1S/C15H27N3O/c1-4-5-11-17(2)12-14(19)18(3)15(13-16)9-7-6-8-10-15/h4-12H2,1-3H3. The molecule has 0 N–H and O–H groups in total. The van der Waals surface area contributed by atoms with Gasteiger partial charge in [0.1, 0.15) is 5.54 Å². The van der Waals surface area contributed by atoms with Crippen molar-refractivity contribution in [3.05, 3.63) is 0 Å². The summed E-state index contributed by atoms with van der Waals surface area (Å²) in [5.74, 6) is 0.0713. The molecule has 4 heteroatoms. The fourth-order valence-corrected chi connectivity index (χ4v) is 2.74. The third-order valence-electron chi connectivity index (χ3n) is 4.20. The number of nitrogens with zero attached hydrogens (tertiary/aromatic N) is 3. The first-order valence-electron chi connectivity index (χ1n) is 7.42. The summed E-state index contributed by atoms with van der Waals surface area (Å²) < 4.78 is 0. The molecule has 0 atom stereocenters. The average Bonchev–Trinajstić information content (AvgIpc) is 2.44. The van der Waals surface area contributed by atoms with Crippen molar-refractivity contribution in [3.63, 3.8) is 0 Å². The average molecular weight is 265 g/mol. The molecular weight excluding hydrogens is 238 g/mol. The molecule has 1 amide bonds. The smallest absolute Gasteiger partial charge is 0.237 e. The summed E-state index contributed by atoms with van der Waals surface area (Å²) in [4.78, 5) is 16.1. The van der Waals surface area contributed by atoms with Crippen LogP contribution in [0.4, 0.5) is 0 Å². The van der Waals surface area contributed by atoms with Crippen molar-refractivity contribution in [1.82, 2.24) is 9.80 Å². The molecule has 0 unspecified atom stereocenters. The van der Waals surface area contributed by atoms with E-state index in [2.05, 4.69) is 17.9 Å². The van der Waals surface area contributed by atoms with Gasteiger partial charge < -0.3 is 4.90 Å². The summed E-state index contributed by atoms with van der Waals surface area (Å²) in [7, 11) is 3.77. The van der Waals surface area contributed by atoms with Gasteiger partial charge in [0.05, 0.1) is 12.6 Å². The lowest BCUT2D eigenvalue weighted by molar-refractivity contribution is -0.135. The molecule has 0 radical (unpaired) electrons. The number of carbonyl (C=O) groups is 1. The van der Waals surface area contributed by atoms with Crippen molar-refractivity contribution in [2.24, 2.45) is 0 Å². The Bertz CT molecular complexity index is 329. The quantitative estimate of drug-likeness (QED) is 0.741. The molecule has 0 bridgehead atoms. The first-order valence-corrected chi connectivity index (χ1v) is 7.42. The Kier molecular flexibility index (Phi) is 6.30. The number of carbonyl (C=O) groups excluding carboxylic acids is 1. The number of hydrogen-bond donors (Lipinski definition) is 0. The van der Waals surface area contributed by atoms with Crippen LogP contribution in [0, 0.1) is 11.3 Å². The Hall–Kier alpha value is -1.08. The van der Waals surface area contributed by atoms with E-state index in [4.69, 9.17) is 0 Å². The van der Waals surface area contributed by atoms with Crippen molar-refractivity contribution in [2.75, 3.05) is 27.2 Å². The van der Waals surface area contributed by atoms with Gasteiger partial charge >= 0.3 is 0 Å². The minimum absolute atomic E-state index is 0.0713. The maximum atomic E-state index is 12.3. The Morgan fingerprint density at radius 1 is 1.26 bits per heavy atom. The molecule has 1 aliphatic carbocycles. The van der Waals surface area contributed by atoms with E-state index < -0.39 is 5.54 Å². The fourth-order valence-electron chi connectivity index (χ4n) is 2.74. The number of rotatable bonds is 6. The van der Waals surface area contributed by atoms with Gasteiger partial charge in [-0.05, 0) is 32.9 Å². The summed E-state index contributed by atoms with van der Waals surface area (Å²) >= 11 is 0. The van der Waals surface area contributed by atoms with Gasteiger partial charge in [-0.25, -0.2) is 0 Å². The Balaban J connectivity index is 2.57. The van der Waals surface area contributed by atoms with Gasteiger partial charge in [0.15, 0.2) is 0 Å². The Morgan fingerprint density at radius 3 is 2.42 bits per heavy atom. The zero-order valence-corrected chi connectivity index (χ0v) is 12.6. The molecule has 108 valence electrons. The highest BCUT2D eigenvalue weighted by atomic mass is 16.2. The molecule has 0 aromatic heterocycles. The van der Waals surface area contributed by atoms with E-state index in [0.29, 0.717) is 6.54 Å². The summed E-state index contributed by atoms with van der Waals surface area (Å²) in [6.07, 6.45) is 7.18. The van der Waals surface area contributed by atoms with Crippen LogP contribution in [-0.4, -0.2) is 48.4 Å². The monoisotopic (exact) mass is 265 g/mol. The van der Waals surface area contributed by atoms with Crippen LogP contribution in [0.15, 0.2) is 0 Å². The first-order chi connectivity index (χ1) is 9.05. The van der Waals surface area contributed by atoms with Gasteiger partial charge in [-0.2, -0.15) is 5.26 Å². The molecule has 0 heterocycles. The van der Waals surface area contributed by atoms with Gasteiger partial charge in [-0.3, -0.25) is 9.69 Å². The number of amides is 1. The molecule has 0 aromatic carbocycles. The first kappa shape index (κ1) is 16.0. The molecular formula is C15H27N3O. The highest BCUT2D eigenvalue weighted by molar-refractivity contribution is 5.79. The molecule has 4 nitrogen and oxygen atoms in total. The largest absolute Gasteiger partial charge is 0.326 e. The minimum atomic E-state index is -0.555. The molecule has 1 aliphatic rings. The maximum Gasteiger partial charge on any atom is 0.237 e. The van der Waals surface area contributed by atoms with Gasteiger partial charge in [-0.1, -0.05) is 32.6 Å². The van der Waals surface area contributed by atoms with Crippen molar-refractivity contribution in [2.45, 2.75) is 57.4 Å². The van der Waals surface area contributed by atoms with E-state index in [0.717, 1.165) is 45.1 Å². The fraction of sp³-hybridized carbons (Fsp3) is 0.867. The summed E-state index contributed by atoms with van der Waals surface area (Å²) in [6, 6.07) is 2.40. The molecule has 0 aromatic rings. The summed E-state index contributed by atoms with van der Waals surface area (Å²) in [5.41, 5.74) is -0.555. The molecule has 0 saturated heterocycles. The molecule has 19 heavy (non-hydrogen) atoms. The van der Waals surface area contributed by atoms with Gasteiger partial charge in [-0.15, -0.1) is 0 Å². The zero-order chi connectivity index (χ0) is 14.3. The van der Waals surface area contributed by atoms with Crippen LogP contribution in [-0.2, 0) is 4.79 Å². The van der Waals surface area contributed by atoms with Crippen LogP contribution in [0.3, 0.4) is 0 Å². The van der Waals surface area contributed by atoms with Crippen LogP contribution >= 0.6 is 0 Å². The third kappa shape index (κ3) is 4.21. The SMILES string of the molecule is CCCCN(C)CC(=O)N(C)C1(C#N)CCCCC1. The van der Waals surface area contributed by atoms with E-state index in [9.17, 15) is 10.1 Å². The van der Waals surface area contributed by atoms with Crippen LogP contribution in [0.1, 0.15) is 51.9 Å². The number of likely N-dealkylation sites (N-methyl/N-ethyl adjacent to an activating group) is 2. The van der Waals surface area contributed by atoms with Gasteiger partial charge in [0, 0.05) is 7.05 Å². The van der Waals surface area contributed by atoms with Crippen molar-refractivity contribution < 1.29 is 4.79 Å². The third-order valence-corrected chi connectivity index (χ3v) is 4.20. The topological polar surface area (TPSA) is 47.3 Å². The maximum absolute atomic E-state index is 12.3. The van der Waals surface area contributed by atoms with Crippen molar-refractivity contribution in [3.8, 4) is 6.07 Å². The molecule has 1 fully saturated rings. The van der Waals surface area contributed by atoms with Crippen LogP contribution in [0.2, 0.25) is 0 Å². The molecule has 0 spiro atoms. The lowest BCUT2D eigenvalue weighted by atomic mass is 9.81. The van der Waals surface area contributed by atoms with Crippen LogP contribution in [0.25, 0.3) is 0 Å². The summed E-state index contributed by atoms with van der Waals surface area (Å²) in [6.45, 7) is 3.50. The highest BCUT2D eigenvalue weighted by Crippen LogP contribution is 2.32. The van der Waals surface area contributed by atoms with Crippen LogP contribution < -0.4 is 0 Å². The molecule has 0 aliphatic heterocycles. The second-order valence-corrected chi connectivity index (χ2v) is 5.75. The molecule has 1 rings (SSSR count). The van der Waals surface area contributed by atoms with E-state index in [1.165, 1.54) is 6.42 Å². The normalized spacial score (nSPS) is 18.1. The number of unbranched alkanes of at least 4 members (excludes halogenated alkanes) is 1. The minimum Gasteiger partial charge on any atom is -0.326 e. The predicted octanol–water partition coefficient (Wildman–Crippen LogP) is 2.40. The van der Waals surface area contributed by atoms with Crippen LogP contribution in [0.5, 0.6) is 0 Å². The van der Waals surface area contributed by atoms with E-state index in [-0.39, 0.29) is 5.91 Å². The lowest BCUT2D eigenvalue weighted by Crippen LogP contribution is -2.52. The van der Waals surface area contributed by atoms with Gasteiger partial charge in [0.25, 0.3) is 0 Å². The van der Waals surface area contributed by atoms with Gasteiger partial charge in [0.2, 0.25) is 5.91 Å². The second kappa shape index (κ2) is 7.49. The number of nitriles is 1. The van der Waals surface area contributed by atoms with Crippen molar-refractivity contribution >= 4 is 5.91 Å². The second-order valence-electron chi connectivity index (χ2n) is 5.75. The zero-order valence-electron chi connectivity index (χ0n) is 12.6. The van der Waals surface area contributed by atoms with E-state index >= 15 is 0 Å². The molecule has 1 saturated carbocycles. The Labute approximate surface area is 117 Å². The predicted molar refractivity (Wildman–Crippen MR) is 76.6 cm³/mol. The van der Waals surface area contributed by atoms with Crippen molar-refractivity contribution in [1.29, 1.82) is 5.26 Å².